The van der Waals surface area contributed by atoms with E-state index in [-0.39, 0.29) is 18.3 Å². The Morgan fingerprint density at radius 3 is 2.58 bits per heavy atom. The number of guanidine groups is 1. The lowest BCUT2D eigenvalue weighted by Crippen LogP contribution is -2.21. The van der Waals surface area contributed by atoms with Crippen LogP contribution in [0.15, 0.2) is 57.1 Å². The van der Waals surface area contributed by atoms with Gasteiger partial charge >= 0.3 is 0 Å². The molecule has 0 amide bonds. The summed E-state index contributed by atoms with van der Waals surface area (Å²) in [4.78, 5) is 10.2. The number of hydrogen-bond donors (Lipinski definition) is 2. The maximum atomic E-state index is 10.6. The maximum Gasteiger partial charge on any atom is 0.269 e. The molecule has 0 aliphatic carbocycles. The molecule has 0 spiro atoms. The van der Waals surface area contributed by atoms with Gasteiger partial charge in [-0.05, 0) is 35.9 Å². The zero-order chi connectivity index (χ0) is 17.5. The molecule has 2 aromatic carbocycles. The molecule has 24 heavy (non-hydrogen) atoms. The van der Waals surface area contributed by atoms with Gasteiger partial charge in [-0.25, -0.2) is 0 Å². The standard InChI is InChI=1S/C15H14BrN5O3/c16-12-3-6-14(11(7-12)8-19-20-15(17)18)24-9-10-1-4-13(5-2-10)21(22)23/h1-8H,9H2,(H4,17,18,20)/b19-8+. The molecule has 0 saturated heterocycles. The minimum atomic E-state index is -0.447. The first-order chi connectivity index (χ1) is 11.5. The summed E-state index contributed by atoms with van der Waals surface area (Å²) >= 11 is 3.37. The molecule has 0 saturated carbocycles. The zero-order valence-corrected chi connectivity index (χ0v) is 14.0. The molecule has 0 bridgehead atoms. The van der Waals surface area contributed by atoms with Gasteiger partial charge in [0.2, 0.25) is 5.96 Å². The lowest BCUT2D eigenvalue weighted by molar-refractivity contribution is -0.384. The fourth-order valence-corrected chi connectivity index (χ4v) is 2.16. The second-order valence-electron chi connectivity index (χ2n) is 4.66. The van der Waals surface area contributed by atoms with Crippen molar-refractivity contribution >= 4 is 33.8 Å². The van der Waals surface area contributed by atoms with E-state index < -0.39 is 4.92 Å². The minimum absolute atomic E-state index is 0.0347. The molecule has 2 aromatic rings. The molecule has 0 fully saturated rings. The Balaban J connectivity index is 2.12. The van der Waals surface area contributed by atoms with Crippen molar-refractivity contribution in [3.63, 3.8) is 0 Å². The number of nitro groups is 1. The molecule has 0 aromatic heterocycles. The molecule has 0 heterocycles. The molecule has 0 unspecified atom stereocenters. The number of halogens is 1. The van der Waals surface area contributed by atoms with E-state index in [9.17, 15) is 10.1 Å². The van der Waals surface area contributed by atoms with Crippen molar-refractivity contribution in [1.29, 1.82) is 0 Å². The van der Waals surface area contributed by atoms with Gasteiger partial charge in [-0.3, -0.25) is 10.1 Å². The van der Waals surface area contributed by atoms with Gasteiger partial charge in [-0.1, -0.05) is 15.9 Å². The number of non-ortho nitro benzene ring substituents is 1. The van der Waals surface area contributed by atoms with Crippen LogP contribution < -0.4 is 16.2 Å². The first-order valence-corrected chi connectivity index (χ1v) is 7.52. The number of benzene rings is 2. The van der Waals surface area contributed by atoms with Crippen LogP contribution in [0.25, 0.3) is 0 Å². The molecule has 124 valence electrons. The number of nitrogens with two attached hydrogens (primary N) is 2. The van der Waals surface area contributed by atoms with Crippen LogP contribution in [0.2, 0.25) is 0 Å². The molecule has 0 aliphatic rings. The van der Waals surface area contributed by atoms with E-state index in [1.165, 1.54) is 18.3 Å². The van der Waals surface area contributed by atoms with E-state index in [4.69, 9.17) is 16.2 Å². The van der Waals surface area contributed by atoms with Gasteiger partial charge in [-0.2, -0.15) is 5.10 Å². The largest absolute Gasteiger partial charge is 0.488 e. The quantitative estimate of drug-likeness (QED) is 0.338. The van der Waals surface area contributed by atoms with Crippen LogP contribution >= 0.6 is 15.9 Å². The molecule has 0 aliphatic heterocycles. The molecule has 0 radical (unpaired) electrons. The maximum absolute atomic E-state index is 10.6. The third-order valence-electron chi connectivity index (χ3n) is 2.88. The van der Waals surface area contributed by atoms with Gasteiger partial charge in [0, 0.05) is 22.2 Å². The SMILES string of the molecule is NC(N)=N/N=C/c1cc(Br)ccc1OCc1ccc([N+](=O)[O-])cc1. The Morgan fingerprint density at radius 2 is 1.96 bits per heavy atom. The van der Waals surface area contributed by atoms with Crippen molar-refractivity contribution in [1.82, 2.24) is 0 Å². The van der Waals surface area contributed by atoms with Crippen LogP contribution in [0.1, 0.15) is 11.1 Å². The van der Waals surface area contributed by atoms with E-state index in [0.29, 0.717) is 11.3 Å². The van der Waals surface area contributed by atoms with Crippen LogP contribution in [-0.4, -0.2) is 17.1 Å². The van der Waals surface area contributed by atoms with Crippen molar-refractivity contribution in [2.45, 2.75) is 6.61 Å². The van der Waals surface area contributed by atoms with E-state index in [2.05, 4.69) is 26.1 Å². The van der Waals surface area contributed by atoms with Gasteiger partial charge in [-0.15, -0.1) is 5.10 Å². The summed E-state index contributed by atoms with van der Waals surface area (Å²) in [5.74, 6) is 0.431. The smallest absolute Gasteiger partial charge is 0.269 e. The van der Waals surface area contributed by atoms with Crippen molar-refractivity contribution in [2.24, 2.45) is 21.7 Å². The fourth-order valence-electron chi connectivity index (χ4n) is 1.78. The number of rotatable bonds is 6. The summed E-state index contributed by atoms with van der Waals surface area (Å²) in [6, 6.07) is 11.5. The van der Waals surface area contributed by atoms with Crippen molar-refractivity contribution < 1.29 is 9.66 Å². The highest BCUT2D eigenvalue weighted by Crippen LogP contribution is 2.23. The predicted molar refractivity (Wildman–Crippen MR) is 95.0 cm³/mol. The Kier molecular flexibility index (Phi) is 5.85. The first kappa shape index (κ1) is 17.4. The topological polar surface area (TPSA) is 129 Å². The van der Waals surface area contributed by atoms with Gasteiger partial charge in [0.15, 0.2) is 0 Å². The highest BCUT2D eigenvalue weighted by Gasteiger charge is 2.06. The summed E-state index contributed by atoms with van der Waals surface area (Å²) in [5, 5.41) is 18.0. The average Bonchev–Trinajstić information content (AvgIpc) is 2.54. The average molecular weight is 392 g/mol. The normalized spacial score (nSPS) is 10.5. The number of ether oxygens (including phenoxy) is 1. The second-order valence-corrected chi connectivity index (χ2v) is 5.58. The molecular formula is C15H14BrN5O3. The minimum Gasteiger partial charge on any atom is -0.488 e. The Labute approximate surface area is 146 Å². The lowest BCUT2D eigenvalue weighted by Gasteiger charge is -2.09. The zero-order valence-electron chi connectivity index (χ0n) is 12.4. The summed E-state index contributed by atoms with van der Waals surface area (Å²) in [6.07, 6.45) is 1.47. The van der Waals surface area contributed by atoms with Gasteiger partial charge in [0.25, 0.3) is 5.69 Å². The molecule has 8 nitrogen and oxygen atoms in total. The Hall–Kier alpha value is -2.94. The van der Waals surface area contributed by atoms with Crippen LogP contribution in [0.5, 0.6) is 5.75 Å². The first-order valence-electron chi connectivity index (χ1n) is 6.73. The monoisotopic (exact) mass is 391 g/mol. The van der Waals surface area contributed by atoms with E-state index in [0.717, 1.165) is 10.0 Å². The van der Waals surface area contributed by atoms with Crippen LogP contribution in [0.3, 0.4) is 0 Å². The molecular weight excluding hydrogens is 378 g/mol. The van der Waals surface area contributed by atoms with E-state index in [1.54, 1.807) is 24.3 Å². The lowest BCUT2D eigenvalue weighted by atomic mass is 10.2. The second kappa shape index (κ2) is 8.06. The summed E-state index contributed by atoms with van der Waals surface area (Å²) in [5.41, 5.74) is 11.9. The van der Waals surface area contributed by atoms with Gasteiger partial charge in [0.05, 0.1) is 11.1 Å². The van der Waals surface area contributed by atoms with Gasteiger partial charge in [0.1, 0.15) is 12.4 Å². The number of nitro benzene ring substituents is 1. The molecule has 9 heteroatoms. The van der Waals surface area contributed by atoms with Crippen LogP contribution in [-0.2, 0) is 6.61 Å². The predicted octanol–water partition coefficient (Wildman–Crippen LogP) is 2.54. The van der Waals surface area contributed by atoms with Crippen molar-refractivity contribution in [2.75, 3.05) is 0 Å². The van der Waals surface area contributed by atoms with E-state index in [1.807, 2.05) is 6.07 Å². The highest BCUT2D eigenvalue weighted by molar-refractivity contribution is 9.10. The Morgan fingerprint density at radius 1 is 1.25 bits per heavy atom. The molecule has 0 atom stereocenters. The van der Waals surface area contributed by atoms with Gasteiger partial charge < -0.3 is 16.2 Å². The van der Waals surface area contributed by atoms with Crippen LogP contribution in [0, 0.1) is 10.1 Å². The molecule has 4 N–H and O–H groups in total. The van der Waals surface area contributed by atoms with Crippen molar-refractivity contribution in [3.8, 4) is 5.75 Å². The van der Waals surface area contributed by atoms with E-state index >= 15 is 0 Å². The van der Waals surface area contributed by atoms with Crippen LogP contribution in [0.4, 0.5) is 5.69 Å². The summed E-state index contributed by atoms with van der Waals surface area (Å²) in [7, 11) is 0. The summed E-state index contributed by atoms with van der Waals surface area (Å²) < 4.78 is 6.59. The molecule has 2 rings (SSSR count). The third-order valence-corrected chi connectivity index (χ3v) is 3.38. The number of hydrogen-bond acceptors (Lipinski definition) is 5. The fraction of sp³-hybridized carbons (Fsp3) is 0.0667. The highest BCUT2D eigenvalue weighted by atomic mass is 79.9. The Bertz CT molecular complexity index is 786. The van der Waals surface area contributed by atoms with Crippen molar-refractivity contribution in [3.05, 3.63) is 68.2 Å². The number of nitrogens with zero attached hydrogens (tertiary/aromatic N) is 3. The third kappa shape index (κ3) is 5.06. The summed E-state index contributed by atoms with van der Waals surface area (Å²) in [6.45, 7) is 0.253.